The molecular formula is C16H24N4O4S. The fourth-order valence-electron chi connectivity index (χ4n) is 2.60. The largest absolute Gasteiger partial charge is 0.349 e. The fraction of sp³-hybridized carbons (Fsp3) is 0.500. The first kappa shape index (κ1) is 19.2. The van der Waals surface area contributed by atoms with E-state index in [0.717, 1.165) is 6.26 Å². The fourth-order valence-corrected chi connectivity index (χ4v) is 3.08. The third kappa shape index (κ3) is 6.71. The Morgan fingerprint density at radius 1 is 1.12 bits per heavy atom. The van der Waals surface area contributed by atoms with E-state index in [1.165, 1.54) is 0 Å². The van der Waals surface area contributed by atoms with Gasteiger partial charge in [-0.15, -0.1) is 0 Å². The number of rotatable bonds is 6. The molecule has 0 spiro atoms. The average molecular weight is 368 g/mol. The minimum atomic E-state index is -3.24. The lowest BCUT2D eigenvalue weighted by atomic mass is 10.0. The number of urea groups is 1. The zero-order valence-corrected chi connectivity index (χ0v) is 15.0. The number of amides is 3. The first-order valence-corrected chi connectivity index (χ1v) is 10.1. The van der Waals surface area contributed by atoms with Gasteiger partial charge in [-0.1, -0.05) is 18.2 Å². The number of benzene rings is 1. The lowest BCUT2D eigenvalue weighted by molar-refractivity contribution is 0.0918. The summed E-state index contributed by atoms with van der Waals surface area (Å²) in [5, 5.41) is 5.67. The van der Waals surface area contributed by atoms with E-state index in [4.69, 9.17) is 0 Å². The number of likely N-dealkylation sites (tertiary alicyclic amines) is 1. The first-order valence-electron chi connectivity index (χ1n) is 8.18. The van der Waals surface area contributed by atoms with Crippen LogP contribution in [0.25, 0.3) is 0 Å². The van der Waals surface area contributed by atoms with Crippen LogP contribution in [-0.2, 0) is 10.0 Å². The number of nitrogens with zero attached hydrogens (tertiary/aromatic N) is 1. The molecular weight excluding hydrogens is 344 g/mol. The van der Waals surface area contributed by atoms with Crippen LogP contribution in [0.3, 0.4) is 0 Å². The summed E-state index contributed by atoms with van der Waals surface area (Å²) in [4.78, 5) is 25.8. The van der Waals surface area contributed by atoms with E-state index in [0.29, 0.717) is 31.5 Å². The molecule has 1 aromatic carbocycles. The third-order valence-corrected chi connectivity index (χ3v) is 4.65. The van der Waals surface area contributed by atoms with Gasteiger partial charge in [-0.25, -0.2) is 17.9 Å². The second-order valence-corrected chi connectivity index (χ2v) is 7.83. The summed E-state index contributed by atoms with van der Waals surface area (Å²) in [7, 11) is -3.24. The molecule has 1 fully saturated rings. The van der Waals surface area contributed by atoms with Crippen LogP contribution in [0, 0.1) is 0 Å². The molecule has 1 heterocycles. The number of piperidine rings is 1. The van der Waals surface area contributed by atoms with E-state index in [-0.39, 0.29) is 31.1 Å². The summed E-state index contributed by atoms with van der Waals surface area (Å²) in [6.07, 6.45) is 2.45. The Morgan fingerprint density at radius 3 is 2.36 bits per heavy atom. The van der Waals surface area contributed by atoms with E-state index in [2.05, 4.69) is 15.4 Å². The molecule has 9 heteroatoms. The van der Waals surface area contributed by atoms with Crippen LogP contribution in [0.2, 0.25) is 0 Å². The Bertz CT molecular complexity index is 685. The molecule has 0 unspecified atom stereocenters. The summed E-state index contributed by atoms with van der Waals surface area (Å²) in [6.45, 7) is 1.49. The van der Waals surface area contributed by atoms with Gasteiger partial charge in [0.05, 0.1) is 6.26 Å². The van der Waals surface area contributed by atoms with Crippen LogP contribution in [0.5, 0.6) is 0 Å². The molecule has 1 aliphatic heterocycles. The first-order chi connectivity index (χ1) is 11.8. The maximum atomic E-state index is 12.1. The Kier molecular flexibility index (Phi) is 6.77. The molecule has 0 aromatic heterocycles. The minimum absolute atomic E-state index is 0.0451. The molecule has 0 saturated carbocycles. The standard InChI is InChI=1S/C16H24N4O4S/c1-25(23,24)18-10-9-17-16(22)20-11-7-14(8-12-20)19-15(21)13-5-3-2-4-6-13/h2-6,14,18H,7-12H2,1H3,(H,17,22)(H,19,21). The van der Waals surface area contributed by atoms with Crippen molar-refractivity contribution in [3.63, 3.8) is 0 Å². The third-order valence-electron chi connectivity index (χ3n) is 3.92. The van der Waals surface area contributed by atoms with Crippen molar-refractivity contribution in [1.82, 2.24) is 20.3 Å². The van der Waals surface area contributed by atoms with Crippen LogP contribution in [0.4, 0.5) is 4.79 Å². The second kappa shape index (κ2) is 8.82. The summed E-state index contributed by atoms with van der Waals surface area (Å²) < 4.78 is 24.2. The van der Waals surface area contributed by atoms with Gasteiger partial charge in [-0.2, -0.15) is 0 Å². The van der Waals surface area contributed by atoms with E-state index < -0.39 is 10.0 Å². The lowest BCUT2D eigenvalue weighted by Gasteiger charge is -2.32. The predicted octanol–water partition coefficient (Wildman–Crippen LogP) is 0.140. The van der Waals surface area contributed by atoms with Gasteiger partial charge in [0, 0.05) is 37.8 Å². The van der Waals surface area contributed by atoms with Crippen molar-refractivity contribution < 1.29 is 18.0 Å². The van der Waals surface area contributed by atoms with Gasteiger partial charge in [0.2, 0.25) is 10.0 Å². The molecule has 2 rings (SSSR count). The molecule has 25 heavy (non-hydrogen) atoms. The van der Waals surface area contributed by atoms with Crippen LogP contribution >= 0.6 is 0 Å². The molecule has 0 bridgehead atoms. The highest BCUT2D eigenvalue weighted by molar-refractivity contribution is 7.88. The van der Waals surface area contributed by atoms with E-state index in [1.54, 1.807) is 17.0 Å². The number of sulfonamides is 1. The SMILES string of the molecule is CS(=O)(=O)NCCNC(=O)N1CCC(NC(=O)c2ccccc2)CC1. The van der Waals surface area contributed by atoms with Crippen LogP contribution < -0.4 is 15.4 Å². The van der Waals surface area contributed by atoms with Gasteiger partial charge in [0.25, 0.3) is 5.91 Å². The molecule has 1 saturated heterocycles. The molecule has 3 amide bonds. The van der Waals surface area contributed by atoms with Gasteiger partial charge in [0.15, 0.2) is 0 Å². The van der Waals surface area contributed by atoms with Crippen molar-refractivity contribution in [2.24, 2.45) is 0 Å². The minimum Gasteiger partial charge on any atom is -0.349 e. The Hall–Kier alpha value is -2.13. The summed E-state index contributed by atoms with van der Waals surface area (Å²) in [5.74, 6) is -0.102. The van der Waals surface area contributed by atoms with Crippen molar-refractivity contribution in [3.05, 3.63) is 35.9 Å². The number of carbonyl (C=O) groups excluding carboxylic acids is 2. The van der Waals surface area contributed by atoms with Crippen molar-refractivity contribution in [2.45, 2.75) is 18.9 Å². The molecule has 138 valence electrons. The summed E-state index contributed by atoms with van der Waals surface area (Å²) >= 11 is 0. The maximum Gasteiger partial charge on any atom is 0.317 e. The number of nitrogens with one attached hydrogen (secondary N) is 3. The molecule has 1 aliphatic rings. The van der Waals surface area contributed by atoms with Crippen LogP contribution in [-0.4, -0.2) is 63.7 Å². The number of carbonyl (C=O) groups is 2. The van der Waals surface area contributed by atoms with Gasteiger partial charge in [-0.05, 0) is 25.0 Å². The van der Waals surface area contributed by atoms with Gasteiger partial charge in [-0.3, -0.25) is 4.79 Å². The smallest absolute Gasteiger partial charge is 0.317 e. The second-order valence-electron chi connectivity index (χ2n) is 6.00. The normalized spacial score (nSPS) is 15.6. The topological polar surface area (TPSA) is 108 Å². The van der Waals surface area contributed by atoms with Crippen LogP contribution in [0.1, 0.15) is 23.2 Å². The Labute approximate surface area is 148 Å². The summed E-state index contributed by atoms with van der Waals surface area (Å²) in [5.41, 5.74) is 0.626. The maximum absolute atomic E-state index is 12.1. The number of hydrogen-bond donors (Lipinski definition) is 3. The molecule has 0 radical (unpaired) electrons. The zero-order chi connectivity index (χ0) is 18.3. The molecule has 3 N–H and O–H groups in total. The predicted molar refractivity (Wildman–Crippen MR) is 94.7 cm³/mol. The van der Waals surface area contributed by atoms with Crippen molar-refractivity contribution in [1.29, 1.82) is 0 Å². The molecule has 0 atom stereocenters. The van der Waals surface area contributed by atoms with Gasteiger partial charge < -0.3 is 15.5 Å². The molecule has 8 nitrogen and oxygen atoms in total. The highest BCUT2D eigenvalue weighted by Crippen LogP contribution is 2.11. The highest BCUT2D eigenvalue weighted by atomic mass is 32.2. The average Bonchev–Trinajstić information content (AvgIpc) is 2.59. The van der Waals surface area contributed by atoms with Crippen LogP contribution in [0.15, 0.2) is 30.3 Å². The van der Waals surface area contributed by atoms with Gasteiger partial charge >= 0.3 is 6.03 Å². The zero-order valence-electron chi connectivity index (χ0n) is 14.2. The van der Waals surface area contributed by atoms with Crippen molar-refractivity contribution in [3.8, 4) is 0 Å². The Morgan fingerprint density at radius 2 is 1.76 bits per heavy atom. The van der Waals surface area contributed by atoms with E-state index in [9.17, 15) is 18.0 Å². The molecule has 0 aliphatic carbocycles. The van der Waals surface area contributed by atoms with E-state index in [1.807, 2.05) is 18.2 Å². The van der Waals surface area contributed by atoms with Crippen molar-refractivity contribution in [2.75, 3.05) is 32.4 Å². The van der Waals surface area contributed by atoms with Crippen molar-refractivity contribution >= 4 is 22.0 Å². The highest BCUT2D eigenvalue weighted by Gasteiger charge is 2.23. The molecule has 1 aromatic rings. The quantitative estimate of drug-likeness (QED) is 0.621. The van der Waals surface area contributed by atoms with E-state index >= 15 is 0 Å². The Balaban J connectivity index is 1.68. The summed E-state index contributed by atoms with van der Waals surface area (Å²) in [6, 6.07) is 8.86. The lowest BCUT2D eigenvalue weighted by Crippen LogP contribution is -2.50. The monoisotopic (exact) mass is 368 g/mol. The number of hydrogen-bond acceptors (Lipinski definition) is 4. The van der Waals surface area contributed by atoms with Gasteiger partial charge in [0.1, 0.15) is 0 Å².